The van der Waals surface area contributed by atoms with Crippen molar-refractivity contribution in [2.75, 3.05) is 17.6 Å². The first-order chi connectivity index (χ1) is 9.20. The van der Waals surface area contributed by atoms with Crippen LogP contribution in [0, 0.1) is 0 Å². The Morgan fingerprint density at radius 3 is 2.95 bits per heavy atom. The summed E-state index contributed by atoms with van der Waals surface area (Å²) in [6.45, 7) is 0.727. The second kappa shape index (κ2) is 4.83. The molecule has 0 atom stereocenters. The highest BCUT2D eigenvalue weighted by Gasteiger charge is 2.27. The summed E-state index contributed by atoms with van der Waals surface area (Å²) in [7, 11) is 1.86. The van der Waals surface area contributed by atoms with Crippen molar-refractivity contribution in [3.63, 3.8) is 0 Å². The lowest BCUT2D eigenvalue weighted by Crippen LogP contribution is -2.10. The molecule has 2 aromatic rings. The molecule has 0 saturated heterocycles. The molecule has 100 valence electrons. The van der Waals surface area contributed by atoms with Gasteiger partial charge in [-0.15, -0.1) is 0 Å². The van der Waals surface area contributed by atoms with Gasteiger partial charge in [-0.1, -0.05) is 0 Å². The van der Waals surface area contributed by atoms with Gasteiger partial charge in [-0.3, -0.25) is 4.68 Å². The molecular weight excluding hydrogens is 242 g/mol. The summed E-state index contributed by atoms with van der Waals surface area (Å²) in [4.78, 5) is 12.9. The number of nitrogens with two attached hydrogens (primary N) is 1. The Morgan fingerprint density at radius 1 is 1.42 bits per heavy atom. The van der Waals surface area contributed by atoms with Crippen LogP contribution in [0.5, 0.6) is 0 Å². The second-order valence-electron chi connectivity index (χ2n) is 4.82. The molecule has 1 aliphatic rings. The van der Waals surface area contributed by atoms with E-state index < -0.39 is 0 Å². The zero-order valence-corrected chi connectivity index (χ0v) is 10.9. The Morgan fingerprint density at radius 2 is 2.26 bits per heavy atom. The number of nitrogens with one attached hydrogen (secondary N) is 1. The summed E-state index contributed by atoms with van der Waals surface area (Å²) in [5.74, 6) is 3.49. The molecule has 3 N–H and O–H groups in total. The summed E-state index contributed by atoms with van der Waals surface area (Å²) in [5.41, 5.74) is 5.79. The standard InChI is InChI=1S/C12H17N7/c1-19-7-15-10(18-19)4-5-14-11-6-9(13)16-12(17-11)8-2-3-8/h6-8H,2-5H2,1H3,(H3,13,14,16,17). The van der Waals surface area contributed by atoms with E-state index in [4.69, 9.17) is 5.73 Å². The first kappa shape index (κ1) is 11.9. The van der Waals surface area contributed by atoms with Gasteiger partial charge >= 0.3 is 0 Å². The predicted octanol–water partition coefficient (Wildman–Crippen LogP) is 0.719. The molecule has 0 radical (unpaired) electrons. The minimum Gasteiger partial charge on any atom is -0.384 e. The topological polar surface area (TPSA) is 94.5 Å². The van der Waals surface area contributed by atoms with E-state index in [1.54, 1.807) is 17.1 Å². The Bertz CT molecular complexity index is 573. The number of hydrogen-bond acceptors (Lipinski definition) is 6. The number of aryl methyl sites for hydroxylation is 1. The van der Waals surface area contributed by atoms with Gasteiger partial charge in [0.05, 0.1) is 0 Å². The summed E-state index contributed by atoms with van der Waals surface area (Å²) in [5, 5.41) is 7.47. The van der Waals surface area contributed by atoms with Gasteiger partial charge in [0.15, 0.2) is 5.82 Å². The molecule has 0 aromatic carbocycles. The Labute approximate surface area is 111 Å². The molecule has 0 aliphatic heterocycles. The van der Waals surface area contributed by atoms with E-state index >= 15 is 0 Å². The van der Waals surface area contributed by atoms with Crippen LogP contribution in [0.3, 0.4) is 0 Å². The molecule has 19 heavy (non-hydrogen) atoms. The first-order valence-corrected chi connectivity index (χ1v) is 6.43. The molecule has 7 heteroatoms. The first-order valence-electron chi connectivity index (χ1n) is 6.43. The number of aromatic nitrogens is 5. The SMILES string of the molecule is Cn1cnc(CCNc2cc(N)nc(C3CC3)n2)n1. The number of nitrogen functional groups attached to an aromatic ring is 1. The van der Waals surface area contributed by atoms with Crippen molar-refractivity contribution < 1.29 is 0 Å². The van der Waals surface area contributed by atoms with Crippen molar-refractivity contribution in [2.45, 2.75) is 25.2 Å². The van der Waals surface area contributed by atoms with Crippen molar-refractivity contribution >= 4 is 11.6 Å². The molecule has 1 fully saturated rings. The number of anilines is 2. The number of rotatable bonds is 5. The smallest absolute Gasteiger partial charge is 0.152 e. The van der Waals surface area contributed by atoms with Crippen LogP contribution in [0.2, 0.25) is 0 Å². The molecule has 1 saturated carbocycles. The monoisotopic (exact) mass is 259 g/mol. The lowest BCUT2D eigenvalue weighted by Gasteiger charge is -2.07. The van der Waals surface area contributed by atoms with Gasteiger partial charge in [0.25, 0.3) is 0 Å². The van der Waals surface area contributed by atoms with Crippen LogP contribution in [0.15, 0.2) is 12.4 Å². The molecule has 1 aliphatic carbocycles. The van der Waals surface area contributed by atoms with Crippen LogP contribution in [0.25, 0.3) is 0 Å². The molecular formula is C12H17N7. The molecule has 3 rings (SSSR count). The van der Waals surface area contributed by atoms with Crippen molar-refractivity contribution in [1.29, 1.82) is 0 Å². The molecule has 0 amide bonds. The van der Waals surface area contributed by atoms with Gasteiger partial charge in [0.2, 0.25) is 0 Å². The Hall–Kier alpha value is -2.18. The van der Waals surface area contributed by atoms with Gasteiger partial charge in [-0.05, 0) is 12.8 Å². The zero-order chi connectivity index (χ0) is 13.2. The van der Waals surface area contributed by atoms with Gasteiger partial charge in [0.1, 0.15) is 23.8 Å². The van der Waals surface area contributed by atoms with Crippen LogP contribution >= 0.6 is 0 Å². The van der Waals surface area contributed by atoms with Crippen LogP contribution in [-0.4, -0.2) is 31.3 Å². The van der Waals surface area contributed by atoms with E-state index in [1.807, 2.05) is 7.05 Å². The van der Waals surface area contributed by atoms with E-state index in [-0.39, 0.29) is 0 Å². The summed E-state index contributed by atoms with van der Waals surface area (Å²) < 4.78 is 1.70. The maximum absolute atomic E-state index is 5.79. The second-order valence-corrected chi connectivity index (χ2v) is 4.82. The molecule has 2 aromatic heterocycles. The molecule has 0 bridgehead atoms. The molecule has 0 unspecified atom stereocenters. The van der Waals surface area contributed by atoms with Gasteiger partial charge in [-0.2, -0.15) is 5.10 Å². The van der Waals surface area contributed by atoms with E-state index in [0.717, 1.165) is 30.4 Å². The maximum Gasteiger partial charge on any atom is 0.152 e. The third-order valence-electron chi connectivity index (χ3n) is 3.01. The van der Waals surface area contributed by atoms with Crippen molar-refractivity contribution in [2.24, 2.45) is 7.05 Å². The fraction of sp³-hybridized carbons (Fsp3) is 0.500. The van der Waals surface area contributed by atoms with E-state index in [2.05, 4.69) is 25.4 Å². The van der Waals surface area contributed by atoms with Crippen molar-refractivity contribution in [3.05, 3.63) is 24.0 Å². The van der Waals surface area contributed by atoms with Crippen LogP contribution in [0.1, 0.15) is 30.4 Å². The van der Waals surface area contributed by atoms with Crippen LogP contribution < -0.4 is 11.1 Å². The molecule has 7 nitrogen and oxygen atoms in total. The average Bonchev–Trinajstić information content (AvgIpc) is 3.13. The van der Waals surface area contributed by atoms with Crippen LogP contribution in [-0.2, 0) is 13.5 Å². The van der Waals surface area contributed by atoms with Crippen LogP contribution in [0.4, 0.5) is 11.6 Å². The zero-order valence-electron chi connectivity index (χ0n) is 10.9. The van der Waals surface area contributed by atoms with E-state index in [1.165, 1.54) is 12.8 Å². The summed E-state index contributed by atoms with van der Waals surface area (Å²) in [6.07, 6.45) is 4.79. The van der Waals surface area contributed by atoms with Gasteiger partial charge in [0, 0.05) is 32.0 Å². The lowest BCUT2D eigenvalue weighted by molar-refractivity contribution is 0.741. The third-order valence-corrected chi connectivity index (χ3v) is 3.01. The normalized spacial score (nSPS) is 14.6. The summed E-state index contributed by atoms with van der Waals surface area (Å²) >= 11 is 0. The minimum atomic E-state index is 0.501. The Balaban J connectivity index is 1.60. The van der Waals surface area contributed by atoms with Gasteiger partial charge in [-0.25, -0.2) is 15.0 Å². The highest BCUT2D eigenvalue weighted by atomic mass is 15.3. The maximum atomic E-state index is 5.79. The molecule has 0 spiro atoms. The number of hydrogen-bond donors (Lipinski definition) is 2. The summed E-state index contributed by atoms with van der Waals surface area (Å²) in [6, 6.07) is 1.76. The lowest BCUT2D eigenvalue weighted by atomic mass is 10.3. The highest BCUT2D eigenvalue weighted by molar-refractivity contribution is 5.45. The minimum absolute atomic E-state index is 0.501. The predicted molar refractivity (Wildman–Crippen MR) is 71.6 cm³/mol. The van der Waals surface area contributed by atoms with E-state index in [9.17, 15) is 0 Å². The Kier molecular flexibility index (Phi) is 3.02. The quantitative estimate of drug-likeness (QED) is 0.821. The average molecular weight is 259 g/mol. The van der Waals surface area contributed by atoms with Crippen molar-refractivity contribution in [3.8, 4) is 0 Å². The fourth-order valence-electron chi connectivity index (χ4n) is 1.90. The largest absolute Gasteiger partial charge is 0.384 e. The molecule has 2 heterocycles. The number of nitrogens with zero attached hydrogens (tertiary/aromatic N) is 5. The van der Waals surface area contributed by atoms with E-state index in [0.29, 0.717) is 11.7 Å². The van der Waals surface area contributed by atoms with Gasteiger partial charge < -0.3 is 11.1 Å². The third kappa shape index (κ3) is 2.98. The highest BCUT2D eigenvalue weighted by Crippen LogP contribution is 2.38. The van der Waals surface area contributed by atoms with Crippen molar-refractivity contribution in [1.82, 2.24) is 24.7 Å². The fourth-order valence-corrected chi connectivity index (χ4v) is 1.90.